The molecule has 0 amide bonds. The second-order valence-electron chi connectivity index (χ2n) is 6.61. The Balaban J connectivity index is 0.00000225. The predicted molar refractivity (Wildman–Crippen MR) is 118 cm³/mol. The number of anilines is 1. The summed E-state index contributed by atoms with van der Waals surface area (Å²) in [5.74, 6) is 0. The second-order valence-corrected chi connectivity index (χ2v) is 8.29. The van der Waals surface area contributed by atoms with E-state index in [2.05, 4.69) is 4.72 Å². The Morgan fingerprint density at radius 2 is 1.39 bits per heavy atom. The average molecular weight is 413 g/mol. The molecule has 6 heteroatoms. The first kappa shape index (κ1) is 20.1. The molecule has 1 atom stereocenters. The van der Waals surface area contributed by atoms with Crippen molar-refractivity contribution < 1.29 is 8.42 Å². The third-order valence-corrected chi connectivity index (χ3v) is 6.43. The molecular formula is C22H21ClN2O2S. The molecule has 0 saturated carbocycles. The van der Waals surface area contributed by atoms with Gasteiger partial charge in [0.15, 0.2) is 0 Å². The highest BCUT2D eigenvalue weighted by molar-refractivity contribution is 7.89. The van der Waals surface area contributed by atoms with E-state index in [0.717, 1.165) is 21.7 Å². The van der Waals surface area contributed by atoms with Crippen molar-refractivity contribution >= 4 is 49.7 Å². The maximum Gasteiger partial charge on any atom is 0.241 e. The quantitative estimate of drug-likeness (QED) is 0.461. The second kappa shape index (κ2) is 7.80. The van der Waals surface area contributed by atoms with Crippen molar-refractivity contribution in [3.63, 3.8) is 0 Å². The average Bonchev–Trinajstić information content (AvgIpc) is 2.67. The summed E-state index contributed by atoms with van der Waals surface area (Å²) in [5, 5.41) is 3.48. The highest BCUT2D eigenvalue weighted by Gasteiger charge is 2.22. The smallest absolute Gasteiger partial charge is 0.241 e. The van der Waals surface area contributed by atoms with Crippen LogP contribution in [-0.4, -0.2) is 8.42 Å². The van der Waals surface area contributed by atoms with Crippen molar-refractivity contribution in [1.82, 2.24) is 4.72 Å². The first-order chi connectivity index (χ1) is 13.0. The molecule has 0 saturated heterocycles. The number of hydrogen-bond acceptors (Lipinski definition) is 3. The topological polar surface area (TPSA) is 72.2 Å². The molecule has 0 aromatic heterocycles. The van der Waals surface area contributed by atoms with Gasteiger partial charge >= 0.3 is 0 Å². The molecule has 144 valence electrons. The van der Waals surface area contributed by atoms with Gasteiger partial charge in [-0.1, -0.05) is 66.7 Å². The van der Waals surface area contributed by atoms with Gasteiger partial charge in [-0.3, -0.25) is 0 Å². The van der Waals surface area contributed by atoms with E-state index in [-0.39, 0.29) is 23.3 Å². The van der Waals surface area contributed by atoms with Crippen LogP contribution in [0.2, 0.25) is 0 Å². The van der Waals surface area contributed by atoms with Crippen molar-refractivity contribution in [2.24, 2.45) is 0 Å². The first-order valence-corrected chi connectivity index (χ1v) is 10.2. The highest BCUT2D eigenvalue weighted by atomic mass is 35.5. The number of rotatable bonds is 4. The van der Waals surface area contributed by atoms with Crippen LogP contribution >= 0.6 is 12.4 Å². The Kier molecular flexibility index (Phi) is 5.61. The lowest BCUT2D eigenvalue weighted by Gasteiger charge is -2.18. The Morgan fingerprint density at radius 1 is 0.786 bits per heavy atom. The van der Waals surface area contributed by atoms with E-state index in [9.17, 15) is 8.42 Å². The van der Waals surface area contributed by atoms with Crippen LogP contribution < -0.4 is 10.5 Å². The van der Waals surface area contributed by atoms with Gasteiger partial charge in [-0.05, 0) is 35.4 Å². The molecule has 1 unspecified atom stereocenters. The van der Waals surface area contributed by atoms with Crippen molar-refractivity contribution in [1.29, 1.82) is 0 Å². The van der Waals surface area contributed by atoms with E-state index in [1.807, 2.05) is 55.5 Å². The van der Waals surface area contributed by atoms with Crippen LogP contribution in [0.3, 0.4) is 0 Å². The van der Waals surface area contributed by atoms with Crippen LogP contribution in [0.5, 0.6) is 0 Å². The molecular weight excluding hydrogens is 392 g/mol. The molecule has 4 rings (SSSR count). The molecule has 3 N–H and O–H groups in total. The summed E-state index contributed by atoms with van der Waals surface area (Å²) in [6.45, 7) is 1.86. The van der Waals surface area contributed by atoms with Crippen LogP contribution in [0.15, 0.2) is 83.8 Å². The third-order valence-electron chi connectivity index (χ3n) is 4.83. The summed E-state index contributed by atoms with van der Waals surface area (Å²) in [6.07, 6.45) is 0. The predicted octanol–water partition coefficient (Wildman–Crippen LogP) is 5.04. The monoisotopic (exact) mass is 412 g/mol. The van der Waals surface area contributed by atoms with Crippen molar-refractivity contribution in [3.8, 4) is 0 Å². The number of benzene rings is 4. The van der Waals surface area contributed by atoms with Gasteiger partial charge in [0.05, 0.1) is 4.90 Å². The van der Waals surface area contributed by atoms with Gasteiger partial charge in [-0.25, -0.2) is 13.1 Å². The molecule has 28 heavy (non-hydrogen) atoms. The Hall–Kier alpha value is -2.60. The molecule has 4 aromatic rings. The summed E-state index contributed by atoms with van der Waals surface area (Å²) in [7, 11) is -3.73. The van der Waals surface area contributed by atoms with E-state index in [1.165, 1.54) is 0 Å². The van der Waals surface area contributed by atoms with Crippen LogP contribution in [0.4, 0.5) is 5.69 Å². The number of nitrogen functional groups attached to an aromatic ring is 1. The van der Waals surface area contributed by atoms with Crippen molar-refractivity contribution in [2.45, 2.75) is 17.9 Å². The number of nitrogens with two attached hydrogens (primary N) is 1. The molecule has 0 aliphatic rings. The summed E-state index contributed by atoms with van der Waals surface area (Å²) in [5.41, 5.74) is 7.51. The van der Waals surface area contributed by atoms with Crippen molar-refractivity contribution in [3.05, 3.63) is 84.4 Å². The minimum atomic E-state index is -3.73. The highest BCUT2D eigenvalue weighted by Crippen LogP contribution is 2.29. The molecule has 0 heterocycles. The van der Waals surface area contributed by atoms with Crippen LogP contribution in [0.25, 0.3) is 21.5 Å². The lowest BCUT2D eigenvalue weighted by atomic mass is 10.0. The zero-order chi connectivity index (χ0) is 19.0. The maximum atomic E-state index is 13.1. The fraction of sp³-hybridized carbons (Fsp3) is 0.0909. The largest absolute Gasteiger partial charge is 0.398 e. The Bertz CT molecular complexity index is 1250. The van der Waals surface area contributed by atoms with E-state index < -0.39 is 10.0 Å². The molecule has 0 aliphatic carbocycles. The van der Waals surface area contributed by atoms with E-state index in [0.29, 0.717) is 11.1 Å². The van der Waals surface area contributed by atoms with Crippen LogP contribution in [0.1, 0.15) is 18.5 Å². The first-order valence-electron chi connectivity index (χ1n) is 8.74. The molecule has 4 nitrogen and oxygen atoms in total. The van der Waals surface area contributed by atoms with E-state index >= 15 is 0 Å². The third kappa shape index (κ3) is 3.56. The minimum Gasteiger partial charge on any atom is -0.398 e. The SMILES string of the molecule is CC(NS(=O)(=O)c1cccc2c(N)cccc12)c1cccc2ccccc12.Cl. The van der Waals surface area contributed by atoms with Crippen LogP contribution in [-0.2, 0) is 10.0 Å². The summed E-state index contributed by atoms with van der Waals surface area (Å²) >= 11 is 0. The fourth-order valence-electron chi connectivity index (χ4n) is 3.53. The Labute approximate surface area is 170 Å². The van der Waals surface area contributed by atoms with E-state index in [1.54, 1.807) is 30.3 Å². The lowest BCUT2D eigenvalue weighted by molar-refractivity contribution is 0.568. The zero-order valence-corrected chi connectivity index (χ0v) is 16.9. The molecule has 0 bridgehead atoms. The molecule has 0 aliphatic heterocycles. The Morgan fingerprint density at radius 3 is 2.21 bits per heavy atom. The summed E-state index contributed by atoms with van der Waals surface area (Å²) < 4.78 is 29.1. The lowest BCUT2D eigenvalue weighted by Crippen LogP contribution is -2.27. The molecule has 0 radical (unpaired) electrons. The van der Waals surface area contributed by atoms with Crippen LogP contribution in [0, 0.1) is 0 Å². The van der Waals surface area contributed by atoms with Gasteiger partial charge in [-0.2, -0.15) is 0 Å². The number of sulfonamides is 1. The standard InChI is InChI=1S/C22H20N2O2S.ClH/c1-15(17-10-4-8-16-7-2-3-9-18(16)17)24-27(25,26)22-14-6-11-19-20(22)12-5-13-21(19)23;/h2-15,24H,23H2,1H3;1H. The van der Waals surface area contributed by atoms with Gasteiger partial charge in [-0.15, -0.1) is 12.4 Å². The number of nitrogens with one attached hydrogen (secondary N) is 1. The number of fused-ring (bicyclic) bond motifs is 2. The normalized spacial score (nSPS) is 12.6. The number of halogens is 1. The molecule has 0 fully saturated rings. The maximum absolute atomic E-state index is 13.1. The molecule has 4 aromatic carbocycles. The van der Waals surface area contributed by atoms with Gasteiger partial charge in [0.1, 0.15) is 0 Å². The van der Waals surface area contributed by atoms with Gasteiger partial charge in [0.25, 0.3) is 0 Å². The van der Waals surface area contributed by atoms with Gasteiger partial charge in [0.2, 0.25) is 10.0 Å². The summed E-state index contributed by atoms with van der Waals surface area (Å²) in [4.78, 5) is 0.236. The fourth-order valence-corrected chi connectivity index (χ4v) is 4.97. The molecule has 0 spiro atoms. The minimum absolute atomic E-state index is 0. The van der Waals surface area contributed by atoms with Gasteiger partial charge in [0, 0.05) is 22.5 Å². The number of hydrogen-bond donors (Lipinski definition) is 2. The zero-order valence-electron chi connectivity index (χ0n) is 15.3. The summed E-state index contributed by atoms with van der Waals surface area (Å²) in [6, 6.07) is 24.0. The van der Waals surface area contributed by atoms with E-state index in [4.69, 9.17) is 5.73 Å². The van der Waals surface area contributed by atoms with Gasteiger partial charge < -0.3 is 5.73 Å². The van der Waals surface area contributed by atoms with Crippen molar-refractivity contribution in [2.75, 3.05) is 5.73 Å².